The molecular weight excluding hydrogens is 148 g/mol. The van der Waals surface area contributed by atoms with Crippen molar-refractivity contribution in [2.24, 2.45) is 11.3 Å². The molecule has 1 aliphatic carbocycles. The number of nitriles is 1. The SMILES string of the molecule is CC(C)CN(C)CC1(C#N)CC1. The average Bonchev–Trinajstić information content (AvgIpc) is 2.67. The van der Waals surface area contributed by atoms with E-state index in [0.717, 1.165) is 25.9 Å². The van der Waals surface area contributed by atoms with Crippen molar-refractivity contribution in [3.8, 4) is 6.07 Å². The standard InChI is InChI=1S/C10H18N2/c1-9(2)6-12(3)8-10(7-11)4-5-10/h9H,4-6,8H2,1-3H3. The van der Waals surface area contributed by atoms with Crippen LogP contribution >= 0.6 is 0 Å². The first kappa shape index (κ1) is 9.54. The van der Waals surface area contributed by atoms with E-state index in [-0.39, 0.29) is 5.41 Å². The lowest BCUT2D eigenvalue weighted by Gasteiger charge is -2.20. The van der Waals surface area contributed by atoms with Crippen molar-refractivity contribution in [3.63, 3.8) is 0 Å². The summed E-state index contributed by atoms with van der Waals surface area (Å²) in [6, 6.07) is 2.41. The summed E-state index contributed by atoms with van der Waals surface area (Å²) in [5.74, 6) is 0.699. The van der Waals surface area contributed by atoms with E-state index in [2.05, 4.69) is 31.9 Å². The molecule has 0 aromatic carbocycles. The maximum Gasteiger partial charge on any atom is 0.0703 e. The first-order valence-electron chi connectivity index (χ1n) is 4.68. The predicted molar refractivity (Wildman–Crippen MR) is 49.6 cm³/mol. The summed E-state index contributed by atoms with van der Waals surface area (Å²) in [6.45, 7) is 6.48. The highest BCUT2D eigenvalue weighted by atomic mass is 15.1. The molecule has 0 radical (unpaired) electrons. The highest BCUT2D eigenvalue weighted by molar-refractivity contribution is 5.11. The van der Waals surface area contributed by atoms with Crippen molar-refractivity contribution in [2.75, 3.05) is 20.1 Å². The Morgan fingerprint density at radius 3 is 2.42 bits per heavy atom. The van der Waals surface area contributed by atoms with Crippen molar-refractivity contribution in [1.82, 2.24) is 4.90 Å². The minimum absolute atomic E-state index is 0.0314. The van der Waals surface area contributed by atoms with Gasteiger partial charge in [0, 0.05) is 13.1 Å². The van der Waals surface area contributed by atoms with Crippen molar-refractivity contribution < 1.29 is 0 Å². The van der Waals surface area contributed by atoms with Gasteiger partial charge in [-0.05, 0) is 25.8 Å². The van der Waals surface area contributed by atoms with Crippen LogP contribution in [-0.2, 0) is 0 Å². The van der Waals surface area contributed by atoms with Crippen molar-refractivity contribution in [2.45, 2.75) is 26.7 Å². The van der Waals surface area contributed by atoms with E-state index in [1.807, 2.05) is 0 Å². The molecule has 0 atom stereocenters. The highest BCUT2D eigenvalue weighted by Gasteiger charge is 2.43. The van der Waals surface area contributed by atoms with Gasteiger partial charge in [0.1, 0.15) is 0 Å². The second-order valence-electron chi connectivity index (χ2n) is 4.48. The molecule has 68 valence electrons. The zero-order valence-electron chi connectivity index (χ0n) is 8.30. The molecule has 0 saturated heterocycles. The van der Waals surface area contributed by atoms with E-state index >= 15 is 0 Å². The third kappa shape index (κ3) is 2.49. The van der Waals surface area contributed by atoms with E-state index in [1.165, 1.54) is 0 Å². The minimum Gasteiger partial charge on any atom is -0.305 e. The normalized spacial score (nSPS) is 19.7. The van der Waals surface area contributed by atoms with Crippen LogP contribution in [0.1, 0.15) is 26.7 Å². The van der Waals surface area contributed by atoms with Crippen LogP contribution in [0.3, 0.4) is 0 Å². The lowest BCUT2D eigenvalue weighted by Crippen LogP contribution is -2.29. The van der Waals surface area contributed by atoms with E-state index in [1.54, 1.807) is 0 Å². The van der Waals surface area contributed by atoms with Crippen LogP contribution in [0, 0.1) is 22.7 Å². The van der Waals surface area contributed by atoms with Gasteiger partial charge < -0.3 is 4.90 Å². The van der Waals surface area contributed by atoms with Crippen LogP contribution in [0.4, 0.5) is 0 Å². The van der Waals surface area contributed by atoms with Gasteiger partial charge in [-0.1, -0.05) is 13.8 Å². The molecular formula is C10H18N2. The molecule has 12 heavy (non-hydrogen) atoms. The molecule has 0 amide bonds. The van der Waals surface area contributed by atoms with Gasteiger partial charge >= 0.3 is 0 Å². The fourth-order valence-electron chi connectivity index (χ4n) is 1.66. The van der Waals surface area contributed by atoms with Crippen LogP contribution < -0.4 is 0 Å². The monoisotopic (exact) mass is 166 g/mol. The summed E-state index contributed by atoms with van der Waals surface area (Å²) in [7, 11) is 2.11. The third-order valence-electron chi connectivity index (χ3n) is 2.34. The van der Waals surface area contributed by atoms with Gasteiger partial charge in [-0.25, -0.2) is 0 Å². The van der Waals surface area contributed by atoms with Crippen LogP contribution in [0.15, 0.2) is 0 Å². The Morgan fingerprint density at radius 1 is 1.50 bits per heavy atom. The molecule has 1 aliphatic rings. The summed E-state index contributed by atoms with van der Waals surface area (Å²) in [5.41, 5.74) is 0.0314. The maximum atomic E-state index is 8.86. The Balaban J connectivity index is 2.27. The molecule has 0 bridgehead atoms. The van der Waals surface area contributed by atoms with Gasteiger partial charge in [-0.3, -0.25) is 0 Å². The van der Waals surface area contributed by atoms with Gasteiger partial charge in [-0.2, -0.15) is 5.26 Å². The van der Waals surface area contributed by atoms with E-state index < -0.39 is 0 Å². The lowest BCUT2D eigenvalue weighted by atomic mass is 10.1. The Bertz CT molecular complexity index is 187. The molecule has 0 N–H and O–H groups in total. The molecule has 1 saturated carbocycles. The fourth-order valence-corrected chi connectivity index (χ4v) is 1.66. The Labute approximate surface area is 75.2 Å². The molecule has 1 fully saturated rings. The molecule has 0 aliphatic heterocycles. The zero-order chi connectivity index (χ0) is 9.19. The van der Waals surface area contributed by atoms with E-state index in [0.29, 0.717) is 5.92 Å². The first-order valence-corrected chi connectivity index (χ1v) is 4.68. The molecule has 0 heterocycles. The van der Waals surface area contributed by atoms with Crippen molar-refractivity contribution >= 4 is 0 Å². The third-order valence-corrected chi connectivity index (χ3v) is 2.34. The van der Waals surface area contributed by atoms with Gasteiger partial charge in [-0.15, -0.1) is 0 Å². The summed E-state index contributed by atoms with van der Waals surface area (Å²) < 4.78 is 0. The Morgan fingerprint density at radius 2 is 2.08 bits per heavy atom. The predicted octanol–water partition coefficient (Wildman–Crippen LogP) is 1.88. The molecule has 0 unspecified atom stereocenters. The van der Waals surface area contributed by atoms with Gasteiger partial charge in [0.15, 0.2) is 0 Å². The lowest BCUT2D eigenvalue weighted by molar-refractivity contribution is 0.264. The highest BCUT2D eigenvalue weighted by Crippen LogP contribution is 2.45. The van der Waals surface area contributed by atoms with Gasteiger partial charge in [0.05, 0.1) is 11.5 Å². The van der Waals surface area contributed by atoms with E-state index in [4.69, 9.17) is 5.26 Å². The minimum atomic E-state index is 0.0314. The zero-order valence-corrected chi connectivity index (χ0v) is 8.30. The quantitative estimate of drug-likeness (QED) is 0.637. The molecule has 1 rings (SSSR count). The van der Waals surface area contributed by atoms with Crippen molar-refractivity contribution in [1.29, 1.82) is 5.26 Å². The van der Waals surface area contributed by atoms with Gasteiger partial charge in [0.2, 0.25) is 0 Å². The summed E-state index contributed by atoms with van der Waals surface area (Å²) in [4.78, 5) is 2.28. The molecule has 0 spiro atoms. The molecule has 0 aromatic rings. The summed E-state index contributed by atoms with van der Waals surface area (Å²) >= 11 is 0. The maximum absolute atomic E-state index is 8.86. The second-order valence-corrected chi connectivity index (χ2v) is 4.48. The Hall–Kier alpha value is -0.550. The fraction of sp³-hybridized carbons (Fsp3) is 0.900. The first-order chi connectivity index (χ1) is 5.58. The van der Waals surface area contributed by atoms with Crippen LogP contribution in [0.2, 0.25) is 0 Å². The largest absolute Gasteiger partial charge is 0.305 e. The average molecular weight is 166 g/mol. The number of nitrogens with zero attached hydrogens (tertiary/aromatic N) is 2. The number of rotatable bonds is 4. The smallest absolute Gasteiger partial charge is 0.0703 e. The van der Waals surface area contributed by atoms with Crippen molar-refractivity contribution in [3.05, 3.63) is 0 Å². The molecule has 0 aromatic heterocycles. The molecule has 2 nitrogen and oxygen atoms in total. The van der Waals surface area contributed by atoms with Gasteiger partial charge in [0.25, 0.3) is 0 Å². The molecule has 2 heteroatoms. The topological polar surface area (TPSA) is 27.0 Å². The van der Waals surface area contributed by atoms with Crippen LogP contribution in [0.5, 0.6) is 0 Å². The van der Waals surface area contributed by atoms with E-state index in [9.17, 15) is 0 Å². The Kier molecular flexibility index (Phi) is 2.74. The van der Waals surface area contributed by atoms with Crippen LogP contribution in [0.25, 0.3) is 0 Å². The van der Waals surface area contributed by atoms with Crippen LogP contribution in [-0.4, -0.2) is 25.0 Å². The second kappa shape index (κ2) is 3.45. The summed E-state index contributed by atoms with van der Waals surface area (Å²) in [6.07, 6.45) is 2.21. The number of hydrogen-bond donors (Lipinski definition) is 0. The summed E-state index contributed by atoms with van der Waals surface area (Å²) in [5, 5.41) is 8.86. The number of hydrogen-bond acceptors (Lipinski definition) is 2.